The van der Waals surface area contributed by atoms with E-state index in [0.29, 0.717) is 0 Å². The summed E-state index contributed by atoms with van der Waals surface area (Å²) >= 11 is 0. The number of carboxylic acids is 1. The third-order valence-electron chi connectivity index (χ3n) is 3.68. The van der Waals surface area contributed by atoms with Crippen molar-refractivity contribution in [3.05, 3.63) is 95.0 Å². The van der Waals surface area contributed by atoms with E-state index in [0.717, 1.165) is 17.3 Å². The molecule has 132 valence electrons. The van der Waals surface area contributed by atoms with Gasteiger partial charge in [-0.2, -0.15) is 4.73 Å². The molecule has 1 N–H and O–H groups in total. The zero-order valence-electron chi connectivity index (χ0n) is 13.9. The Morgan fingerprint density at radius 3 is 1.88 bits per heavy atom. The first kappa shape index (κ1) is 17.3. The molecule has 2 aromatic carbocycles. The molecule has 0 atom stereocenters. The highest BCUT2D eigenvalue weighted by Crippen LogP contribution is 2.28. The second kappa shape index (κ2) is 8.02. The first-order valence-corrected chi connectivity index (χ1v) is 7.97. The fraction of sp³-hybridized carbons (Fsp3) is 0.100. The van der Waals surface area contributed by atoms with Gasteiger partial charge in [0.25, 0.3) is 0 Å². The molecular formula is C20H17NO5. The predicted octanol–water partition coefficient (Wildman–Crippen LogP) is 3.18. The fourth-order valence-corrected chi connectivity index (χ4v) is 2.35. The second-order valence-corrected chi connectivity index (χ2v) is 5.57. The molecule has 0 unspecified atom stereocenters. The van der Waals surface area contributed by atoms with E-state index in [2.05, 4.69) is 0 Å². The standard InChI is InChI=1S/C20H17NO5/c22-20(23)17-11-18(25-13-15-7-3-1-4-8-15)19(12-21(17)24)26-14-16-9-5-2-6-10-16/h1-12H,13-14H2,(H,22,23). The van der Waals surface area contributed by atoms with Crippen molar-refractivity contribution in [3.63, 3.8) is 0 Å². The van der Waals surface area contributed by atoms with Gasteiger partial charge in [0.1, 0.15) is 13.2 Å². The average Bonchev–Trinajstić information content (AvgIpc) is 2.67. The number of hydrogen-bond donors (Lipinski definition) is 1. The van der Waals surface area contributed by atoms with Crippen LogP contribution in [0.2, 0.25) is 0 Å². The van der Waals surface area contributed by atoms with Crippen molar-refractivity contribution in [1.29, 1.82) is 0 Å². The van der Waals surface area contributed by atoms with Crippen molar-refractivity contribution in [2.24, 2.45) is 0 Å². The highest BCUT2D eigenvalue weighted by Gasteiger charge is 2.21. The van der Waals surface area contributed by atoms with Crippen LogP contribution in [0, 0.1) is 5.21 Å². The normalized spacial score (nSPS) is 10.3. The molecule has 0 amide bonds. The van der Waals surface area contributed by atoms with Gasteiger partial charge >= 0.3 is 11.7 Å². The number of rotatable bonds is 7. The zero-order chi connectivity index (χ0) is 18.4. The molecule has 0 aliphatic carbocycles. The first-order valence-electron chi connectivity index (χ1n) is 7.97. The maximum absolute atomic E-state index is 11.9. The number of aromatic carboxylic acids is 1. The number of ether oxygens (including phenoxy) is 2. The largest absolute Gasteiger partial charge is 0.618 e. The van der Waals surface area contributed by atoms with Crippen LogP contribution in [0.25, 0.3) is 0 Å². The van der Waals surface area contributed by atoms with E-state index in [1.807, 2.05) is 60.7 Å². The summed E-state index contributed by atoms with van der Waals surface area (Å²) in [6.45, 7) is 0.458. The van der Waals surface area contributed by atoms with Crippen LogP contribution in [0.1, 0.15) is 21.6 Å². The van der Waals surface area contributed by atoms with Crippen LogP contribution in [0.4, 0.5) is 0 Å². The maximum atomic E-state index is 11.9. The summed E-state index contributed by atoms with van der Waals surface area (Å²) in [4.78, 5) is 11.2. The molecule has 0 bridgehead atoms. The maximum Gasteiger partial charge on any atom is 0.402 e. The Labute approximate surface area is 150 Å². The summed E-state index contributed by atoms with van der Waals surface area (Å²) in [6.07, 6.45) is 1.08. The van der Waals surface area contributed by atoms with Gasteiger partial charge in [0.2, 0.25) is 11.9 Å². The van der Waals surface area contributed by atoms with Crippen LogP contribution >= 0.6 is 0 Å². The Morgan fingerprint density at radius 1 is 0.885 bits per heavy atom. The molecule has 3 aromatic rings. The fourth-order valence-electron chi connectivity index (χ4n) is 2.35. The minimum atomic E-state index is -1.33. The van der Waals surface area contributed by atoms with Crippen molar-refractivity contribution >= 4 is 5.97 Å². The Kier molecular flexibility index (Phi) is 5.34. The number of carboxylic acid groups (broad SMARTS) is 1. The Bertz CT molecular complexity index is 881. The van der Waals surface area contributed by atoms with E-state index in [-0.39, 0.29) is 29.4 Å². The summed E-state index contributed by atoms with van der Waals surface area (Å²) in [7, 11) is 0. The van der Waals surface area contributed by atoms with Crippen LogP contribution in [0.5, 0.6) is 11.5 Å². The second-order valence-electron chi connectivity index (χ2n) is 5.57. The van der Waals surface area contributed by atoms with Gasteiger partial charge in [-0.3, -0.25) is 0 Å². The molecule has 6 heteroatoms. The minimum absolute atomic E-state index is 0.185. The SMILES string of the molecule is O=C(O)c1cc(OCc2ccccc2)c(OCc2ccccc2)c[n+]1[O-]. The van der Waals surface area contributed by atoms with Gasteiger partial charge in [0.05, 0.1) is 6.07 Å². The van der Waals surface area contributed by atoms with E-state index in [1.54, 1.807) is 0 Å². The van der Waals surface area contributed by atoms with E-state index in [1.165, 1.54) is 6.07 Å². The molecule has 3 rings (SSSR count). The van der Waals surface area contributed by atoms with Gasteiger partial charge in [-0.1, -0.05) is 60.7 Å². The van der Waals surface area contributed by atoms with Gasteiger partial charge in [0.15, 0.2) is 5.75 Å². The van der Waals surface area contributed by atoms with Crippen LogP contribution in [0.3, 0.4) is 0 Å². The number of pyridine rings is 1. The average molecular weight is 351 g/mol. The predicted molar refractivity (Wildman–Crippen MR) is 93.9 cm³/mol. The summed E-state index contributed by atoms with van der Waals surface area (Å²) in [5.41, 5.74) is 1.40. The van der Waals surface area contributed by atoms with Gasteiger partial charge in [-0.25, -0.2) is 4.79 Å². The highest BCUT2D eigenvalue weighted by molar-refractivity contribution is 5.84. The van der Waals surface area contributed by atoms with Gasteiger partial charge in [0, 0.05) is 0 Å². The molecule has 0 saturated carbocycles. The van der Waals surface area contributed by atoms with Crippen LogP contribution < -0.4 is 14.2 Å². The molecule has 0 saturated heterocycles. The zero-order valence-corrected chi connectivity index (χ0v) is 13.9. The van der Waals surface area contributed by atoms with E-state index in [9.17, 15) is 10.0 Å². The van der Waals surface area contributed by atoms with E-state index >= 15 is 0 Å². The minimum Gasteiger partial charge on any atom is -0.618 e. The molecule has 1 heterocycles. The molecule has 0 fully saturated rings. The van der Waals surface area contributed by atoms with Gasteiger partial charge in [-0.15, -0.1) is 0 Å². The molecule has 6 nitrogen and oxygen atoms in total. The summed E-state index contributed by atoms with van der Waals surface area (Å²) in [5, 5.41) is 21.1. The van der Waals surface area contributed by atoms with Crippen LogP contribution in [-0.2, 0) is 13.2 Å². The third-order valence-corrected chi connectivity index (χ3v) is 3.68. The monoisotopic (exact) mass is 351 g/mol. The molecular weight excluding hydrogens is 334 g/mol. The summed E-state index contributed by atoms with van der Waals surface area (Å²) in [6, 6.07) is 20.0. The lowest BCUT2D eigenvalue weighted by Crippen LogP contribution is -2.34. The van der Waals surface area contributed by atoms with Crippen molar-refractivity contribution in [2.75, 3.05) is 0 Å². The molecule has 26 heavy (non-hydrogen) atoms. The Morgan fingerprint density at radius 2 is 1.38 bits per heavy atom. The molecule has 1 aromatic heterocycles. The molecule has 0 aliphatic heterocycles. The molecule has 0 radical (unpaired) electrons. The van der Waals surface area contributed by atoms with E-state index < -0.39 is 11.7 Å². The van der Waals surface area contributed by atoms with Gasteiger partial charge < -0.3 is 19.8 Å². The Balaban J connectivity index is 1.83. The number of carbonyl (C=O) groups is 1. The summed E-state index contributed by atoms with van der Waals surface area (Å²) in [5.74, 6) is -0.946. The quantitative estimate of drug-likeness (QED) is 0.522. The lowest BCUT2D eigenvalue weighted by atomic mass is 10.2. The Hall–Kier alpha value is -3.54. The van der Waals surface area contributed by atoms with Crippen molar-refractivity contribution in [2.45, 2.75) is 13.2 Å². The highest BCUT2D eigenvalue weighted by atomic mass is 16.5. The molecule has 0 aliphatic rings. The number of nitrogens with zero attached hydrogens (tertiary/aromatic N) is 1. The van der Waals surface area contributed by atoms with Crippen molar-refractivity contribution < 1.29 is 24.1 Å². The summed E-state index contributed by atoms with van der Waals surface area (Å²) < 4.78 is 11.7. The van der Waals surface area contributed by atoms with Crippen LogP contribution in [-0.4, -0.2) is 11.1 Å². The lowest BCUT2D eigenvalue weighted by Gasteiger charge is -2.13. The number of benzene rings is 2. The van der Waals surface area contributed by atoms with Crippen molar-refractivity contribution in [1.82, 2.24) is 0 Å². The third kappa shape index (κ3) is 4.30. The molecule has 0 spiro atoms. The van der Waals surface area contributed by atoms with E-state index in [4.69, 9.17) is 14.6 Å². The lowest BCUT2D eigenvalue weighted by molar-refractivity contribution is -0.608. The smallest absolute Gasteiger partial charge is 0.402 e. The van der Waals surface area contributed by atoms with Gasteiger partial charge in [-0.05, 0) is 11.1 Å². The number of hydrogen-bond acceptors (Lipinski definition) is 4. The topological polar surface area (TPSA) is 82.7 Å². The first-order chi connectivity index (χ1) is 12.6. The van der Waals surface area contributed by atoms with Crippen LogP contribution in [0.15, 0.2) is 72.9 Å². The number of aromatic nitrogens is 1. The van der Waals surface area contributed by atoms with Crippen molar-refractivity contribution in [3.8, 4) is 11.5 Å².